The number of H-pyrrole nitrogens is 1. The van der Waals surface area contributed by atoms with E-state index in [0.717, 1.165) is 35.8 Å². The molecule has 3 N–H and O–H groups in total. The van der Waals surface area contributed by atoms with Crippen molar-refractivity contribution >= 4 is 26.8 Å². The van der Waals surface area contributed by atoms with E-state index in [9.17, 15) is 9.50 Å². The van der Waals surface area contributed by atoms with Gasteiger partial charge in [0, 0.05) is 24.8 Å². The van der Waals surface area contributed by atoms with Crippen molar-refractivity contribution in [3.63, 3.8) is 0 Å². The highest BCUT2D eigenvalue weighted by Gasteiger charge is 2.21. The van der Waals surface area contributed by atoms with E-state index >= 15 is 0 Å². The number of hydrogen-bond acceptors (Lipinski definition) is 8. The summed E-state index contributed by atoms with van der Waals surface area (Å²) in [6.07, 6.45) is 3.62. The number of fused-ring (bicyclic) bond motifs is 1. The zero-order valence-corrected chi connectivity index (χ0v) is 17.1. The second-order valence-electron chi connectivity index (χ2n) is 7.33. The molecule has 0 spiro atoms. The van der Waals surface area contributed by atoms with E-state index in [1.807, 2.05) is 6.07 Å². The largest absolute Gasteiger partial charge is 0.507 e. The van der Waals surface area contributed by atoms with Gasteiger partial charge in [0.25, 0.3) is 0 Å². The Morgan fingerprint density at radius 2 is 2.00 bits per heavy atom. The lowest BCUT2D eigenvalue weighted by molar-refractivity contribution is 0.443. The Morgan fingerprint density at radius 3 is 2.73 bits per heavy atom. The molecule has 0 aliphatic carbocycles. The topological polar surface area (TPSA) is 103 Å². The summed E-state index contributed by atoms with van der Waals surface area (Å²) in [6, 6.07) is 7.26. The van der Waals surface area contributed by atoms with Crippen LogP contribution in [0, 0.1) is 5.95 Å². The molecule has 4 aromatic rings. The molecule has 0 atom stereocenters. The lowest BCUT2D eigenvalue weighted by Crippen LogP contribution is -2.41. The third kappa shape index (κ3) is 3.37. The van der Waals surface area contributed by atoms with Gasteiger partial charge in [-0.25, -0.2) is 0 Å². The molecule has 10 heteroatoms. The van der Waals surface area contributed by atoms with Crippen molar-refractivity contribution in [3.05, 3.63) is 36.4 Å². The van der Waals surface area contributed by atoms with Crippen LogP contribution in [0.15, 0.2) is 30.5 Å². The van der Waals surface area contributed by atoms with Crippen LogP contribution >= 0.6 is 11.3 Å². The fourth-order valence-corrected chi connectivity index (χ4v) is 4.73. The van der Waals surface area contributed by atoms with Crippen LogP contribution in [0.1, 0.15) is 12.8 Å². The lowest BCUT2D eigenvalue weighted by Gasteiger charge is -2.31. The van der Waals surface area contributed by atoms with Gasteiger partial charge in [0.15, 0.2) is 10.8 Å². The van der Waals surface area contributed by atoms with E-state index in [4.69, 9.17) is 0 Å². The van der Waals surface area contributed by atoms with Crippen molar-refractivity contribution in [3.8, 4) is 28.1 Å². The second-order valence-corrected chi connectivity index (χ2v) is 8.34. The van der Waals surface area contributed by atoms with E-state index in [0.29, 0.717) is 34.1 Å². The standard InChI is InChI=1S/C20H20FN7OS/c1-28(12-4-6-22-7-5-12)20-24-19-17(30-20)9-15(25-27-19)13-3-2-11(8-16(13)29)14-10-23-26-18(14)21/h2-3,8-10,12,22,29H,4-7H2,1H3,(H,23,26). The van der Waals surface area contributed by atoms with Gasteiger partial charge in [0.1, 0.15) is 5.75 Å². The fraction of sp³-hybridized carbons (Fsp3) is 0.300. The number of anilines is 1. The SMILES string of the molecule is CN(c1nc2nnc(-c3ccc(-c4c[nH]nc4F)cc3O)cc2s1)C1CCNCC1. The Kier molecular flexibility index (Phi) is 4.80. The maximum atomic E-state index is 13.7. The number of rotatable bonds is 4. The fourth-order valence-electron chi connectivity index (χ4n) is 3.76. The summed E-state index contributed by atoms with van der Waals surface area (Å²) in [5.74, 6) is -0.614. The molecule has 1 aromatic carbocycles. The van der Waals surface area contributed by atoms with E-state index in [2.05, 4.69) is 42.6 Å². The van der Waals surface area contributed by atoms with Crippen LogP contribution in [0.4, 0.5) is 9.52 Å². The number of piperidine rings is 1. The molecule has 1 aliphatic rings. The molecule has 1 fully saturated rings. The zero-order valence-electron chi connectivity index (χ0n) is 16.3. The van der Waals surface area contributed by atoms with Gasteiger partial charge in [-0.15, -0.1) is 15.3 Å². The Hall–Kier alpha value is -3.11. The molecule has 0 radical (unpaired) electrons. The number of aromatic hydroxyl groups is 1. The maximum Gasteiger partial charge on any atom is 0.240 e. The van der Waals surface area contributed by atoms with Gasteiger partial charge in [-0.1, -0.05) is 17.4 Å². The zero-order chi connectivity index (χ0) is 20.7. The first kappa shape index (κ1) is 18.9. The maximum absolute atomic E-state index is 13.7. The Labute approximate surface area is 175 Å². The first-order chi connectivity index (χ1) is 14.6. The van der Waals surface area contributed by atoms with Gasteiger partial charge in [0.2, 0.25) is 5.95 Å². The molecule has 5 rings (SSSR count). The number of thiazole rings is 1. The highest BCUT2D eigenvalue weighted by atomic mass is 32.1. The monoisotopic (exact) mass is 425 g/mol. The van der Waals surface area contributed by atoms with Crippen molar-refractivity contribution in [1.82, 2.24) is 30.7 Å². The van der Waals surface area contributed by atoms with Gasteiger partial charge >= 0.3 is 0 Å². The minimum absolute atomic E-state index is 0.00156. The molecule has 0 amide bonds. The summed E-state index contributed by atoms with van der Waals surface area (Å²) < 4.78 is 14.6. The molecular formula is C20H20FN7OS. The minimum atomic E-state index is -0.613. The van der Waals surface area contributed by atoms with Crippen LogP contribution in [0.25, 0.3) is 32.7 Å². The van der Waals surface area contributed by atoms with Gasteiger partial charge in [-0.05, 0) is 49.7 Å². The molecule has 1 saturated heterocycles. The summed E-state index contributed by atoms with van der Waals surface area (Å²) >= 11 is 1.57. The van der Waals surface area contributed by atoms with Gasteiger partial charge < -0.3 is 15.3 Å². The summed E-state index contributed by atoms with van der Waals surface area (Å²) in [7, 11) is 2.07. The normalized spacial score (nSPS) is 15.0. The molecule has 8 nitrogen and oxygen atoms in total. The molecule has 30 heavy (non-hydrogen) atoms. The average Bonchev–Trinajstić information content (AvgIpc) is 3.39. The summed E-state index contributed by atoms with van der Waals surface area (Å²) in [6.45, 7) is 2.03. The molecule has 4 heterocycles. The van der Waals surface area contributed by atoms with E-state index < -0.39 is 5.95 Å². The van der Waals surface area contributed by atoms with Crippen LogP contribution in [-0.2, 0) is 0 Å². The first-order valence-electron chi connectivity index (χ1n) is 9.71. The number of phenolic OH excluding ortho intramolecular Hbond substituents is 1. The minimum Gasteiger partial charge on any atom is -0.507 e. The Balaban J connectivity index is 1.46. The van der Waals surface area contributed by atoms with Crippen molar-refractivity contribution in [2.75, 3.05) is 25.0 Å². The molecular weight excluding hydrogens is 405 g/mol. The summed E-state index contributed by atoms with van der Waals surface area (Å²) in [5.41, 5.74) is 2.49. The van der Waals surface area contributed by atoms with E-state index in [1.54, 1.807) is 23.5 Å². The van der Waals surface area contributed by atoms with Crippen LogP contribution in [-0.4, -0.2) is 56.7 Å². The van der Waals surface area contributed by atoms with Crippen molar-refractivity contribution in [1.29, 1.82) is 0 Å². The smallest absolute Gasteiger partial charge is 0.240 e. The highest BCUT2D eigenvalue weighted by Crippen LogP contribution is 2.36. The quantitative estimate of drug-likeness (QED) is 0.461. The van der Waals surface area contributed by atoms with Crippen LogP contribution < -0.4 is 10.2 Å². The van der Waals surface area contributed by atoms with E-state index in [-0.39, 0.29) is 5.75 Å². The van der Waals surface area contributed by atoms with E-state index in [1.165, 1.54) is 12.3 Å². The molecule has 0 bridgehead atoms. The number of nitrogens with one attached hydrogen (secondary N) is 2. The number of benzene rings is 1. The van der Waals surface area contributed by atoms with Crippen molar-refractivity contribution < 1.29 is 9.50 Å². The number of aromatic nitrogens is 5. The predicted octanol–water partition coefficient (Wildman–Crippen LogP) is 3.18. The third-order valence-electron chi connectivity index (χ3n) is 5.48. The van der Waals surface area contributed by atoms with Crippen molar-refractivity contribution in [2.24, 2.45) is 0 Å². The summed E-state index contributed by atoms with van der Waals surface area (Å²) in [5, 5.41) is 29.3. The average molecular weight is 425 g/mol. The number of hydrogen-bond donors (Lipinski definition) is 3. The summed E-state index contributed by atoms with van der Waals surface area (Å²) in [4.78, 5) is 6.86. The Morgan fingerprint density at radius 1 is 1.17 bits per heavy atom. The molecule has 1 aliphatic heterocycles. The number of phenols is 1. The molecule has 0 saturated carbocycles. The number of halogens is 1. The van der Waals surface area contributed by atoms with Crippen LogP contribution in [0.3, 0.4) is 0 Å². The molecule has 0 unspecified atom stereocenters. The second kappa shape index (κ2) is 7.62. The van der Waals surface area contributed by atoms with Gasteiger partial charge in [0.05, 0.1) is 16.0 Å². The van der Waals surface area contributed by atoms with Gasteiger partial charge in [-0.2, -0.15) is 9.37 Å². The van der Waals surface area contributed by atoms with Gasteiger partial charge in [-0.3, -0.25) is 5.10 Å². The predicted molar refractivity (Wildman–Crippen MR) is 114 cm³/mol. The Bertz CT molecular complexity index is 1200. The molecule has 154 valence electrons. The third-order valence-corrected chi connectivity index (χ3v) is 6.56. The molecule has 3 aromatic heterocycles. The number of aromatic amines is 1. The van der Waals surface area contributed by atoms with Crippen LogP contribution in [0.2, 0.25) is 0 Å². The van der Waals surface area contributed by atoms with Crippen LogP contribution in [0.5, 0.6) is 5.75 Å². The highest BCUT2D eigenvalue weighted by molar-refractivity contribution is 7.22. The van der Waals surface area contributed by atoms with Crippen molar-refractivity contribution in [2.45, 2.75) is 18.9 Å². The number of nitrogens with zero attached hydrogens (tertiary/aromatic N) is 5. The first-order valence-corrected chi connectivity index (χ1v) is 10.5. The lowest BCUT2D eigenvalue weighted by atomic mass is 10.0.